The number of aliphatic hydroxyl groups is 1. The lowest BCUT2D eigenvalue weighted by molar-refractivity contribution is -0.150. The van der Waals surface area contributed by atoms with Crippen molar-refractivity contribution in [2.75, 3.05) is 34.7 Å². The van der Waals surface area contributed by atoms with Crippen molar-refractivity contribution < 1.29 is 42.7 Å². The number of benzene rings is 2. The Kier molecular flexibility index (Phi) is 4.40. The number of alkyl halides is 1. The summed E-state index contributed by atoms with van der Waals surface area (Å²) in [6.07, 6.45) is -1.25. The van der Waals surface area contributed by atoms with E-state index in [0.29, 0.717) is 45.4 Å². The number of hydrogen-bond donors (Lipinski definition) is 1. The van der Waals surface area contributed by atoms with Gasteiger partial charge in [-0.05, 0) is 41.0 Å². The molecular formula is C22H21FO8. The van der Waals surface area contributed by atoms with Crippen LogP contribution in [-0.4, -0.2) is 51.5 Å². The number of hydrogen-bond acceptors (Lipinski definition) is 8. The fourth-order valence-corrected chi connectivity index (χ4v) is 4.81. The molecule has 3 aliphatic rings. The highest BCUT2D eigenvalue weighted by Gasteiger charge is 2.65. The van der Waals surface area contributed by atoms with Crippen molar-refractivity contribution >= 4 is 5.97 Å². The molecule has 1 N–H and O–H groups in total. The second kappa shape index (κ2) is 6.91. The van der Waals surface area contributed by atoms with Crippen LogP contribution in [0, 0.1) is 5.92 Å². The van der Waals surface area contributed by atoms with Crippen molar-refractivity contribution in [1.82, 2.24) is 0 Å². The highest BCUT2D eigenvalue weighted by atomic mass is 19.1. The maximum absolute atomic E-state index is 16.6. The minimum Gasteiger partial charge on any atom is -0.493 e. The predicted octanol–water partition coefficient (Wildman–Crippen LogP) is 2.50. The van der Waals surface area contributed by atoms with E-state index in [1.54, 1.807) is 24.3 Å². The summed E-state index contributed by atoms with van der Waals surface area (Å²) >= 11 is 0. The second-order valence-electron chi connectivity index (χ2n) is 7.64. The summed E-state index contributed by atoms with van der Waals surface area (Å²) in [7, 11) is 4.37. The van der Waals surface area contributed by atoms with Crippen molar-refractivity contribution in [2.24, 2.45) is 5.92 Å². The van der Waals surface area contributed by atoms with Crippen LogP contribution in [0.4, 0.5) is 4.39 Å². The van der Waals surface area contributed by atoms with E-state index in [0.717, 1.165) is 0 Å². The third-order valence-electron chi connectivity index (χ3n) is 6.28. The molecule has 31 heavy (non-hydrogen) atoms. The predicted molar refractivity (Wildman–Crippen MR) is 104 cm³/mol. The monoisotopic (exact) mass is 432 g/mol. The first kappa shape index (κ1) is 19.7. The highest BCUT2D eigenvalue weighted by molar-refractivity contribution is 5.86. The van der Waals surface area contributed by atoms with Gasteiger partial charge in [0.15, 0.2) is 23.0 Å². The van der Waals surface area contributed by atoms with E-state index < -0.39 is 29.6 Å². The number of aliphatic hydroxyl groups excluding tert-OH is 1. The molecule has 0 radical (unpaired) electrons. The molecule has 8 nitrogen and oxygen atoms in total. The van der Waals surface area contributed by atoms with Gasteiger partial charge in [0.05, 0.1) is 39.3 Å². The zero-order valence-electron chi connectivity index (χ0n) is 17.1. The van der Waals surface area contributed by atoms with Crippen LogP contribution in [0.5, 0.6) is 28.7 Å². The Balaban J connectivity index is 1.79. The molecule has 1 saturated heterocycles. The van der Waals surface area contributed by atoms with Gasteiger partial charge in [-0.3, -0.25) is 0 Å². The Morgan fingerprint density at radius 3 is 2.16 bits per heavy atom. The molecule has 1 fully saturated rings. The van der Waals surface area contributed by atoms with Gasteiger partial charge < -0.3 is 33.5 Å². The molecule has 9 heteroatoms. The molecule has 0 saturated carbocycles. The Hall–Kier alpha value is -3.20. The van der Waals surface area contributed by atoms with Gasteiger partial charge in [0.1, 0.15) is 6.61 Å². The van der Waals surface area contributed by atoms with Gasteiger partial charge in [-0.15, -0.1) is 0 Å². The molecule has 0 spiro atoms. The van der Waals surface area contributed by atoms with Crippen LogP contribution in [0.2, 0.25) is 0 Å². The van der Waals surface area contributed by atoms with Crippen LogP contribution in [0.15, 0.2) is 24.3 Å². The van der Waals surface area contributed by atoms with Crippen LogP contribution >= 0.6 is 0 Å². The Morgan fingerprint density at radius 1 is 0.968 bits per heavy atom. The number of halogens is 1. The molecule has 0 amide bonds. The molecule has 0 aromatic heterocycles. The normalized spacial score (nSPS) is 27.9. The number of carbonyl (C=O) groups is 1. The lowest BCUT2D eigenvalue weighted by atomic mass is 9.64. The molecular weight excluding hydrogens is 411 g/mol. The molecule has 2 aromatic rings. The molecule has 4 atom stereocenters. The number of cyclic esters (lactones) is 1. The summed E-state index contributed by atoms with van der Waals surface area (Å²) in [6, 6.07) is 6.44. The topological polar surface area (TPSA) is 92.7 Å². The molecule has 2 aromatic carbocycles. The van der Waals surface area contributed by atoms with Crippen LogP contribution in [-0.2, 0) is 9.53 Å². The van der Waals surface area contributed by atoms with Crippen molar-refractivity contribution in [2.45, 2.75) is 17.7 Å². The molecule has 4 unspecified atom stereocenters. The fraction of sp³-hybridized carbons (Fsp3) is 0.409. The summed E-state index contributed by atoms with van der Waals surface area (Å²) in [4.78, 5) is 12.7. The zero-order valence-corrected chi connectivity index (χ0v) is 17.1. The van der Waals surface area contributed by atoms with E-state index in [9.17, 15) is 9.90 Å². The maximum atomic E-state index is 16.6. The van der Waals surface area contributed by atoms with E-state index in [1.165, 1.54) is 21.3 Å². The van der Waals surface area contributed by atoms with E-state index in [2.05, 4.69) is 0 Å². The summed E-state index contributed by atoms with van der Waals surface area (Å²) in [5, 5.41) is 11.0. The van der Waals surface area contributed by atoms with E-state index in [1.807, 2.05) is 0 Å². The Morgan fingerprint density at radius 2 is 1.58 bits per heavy atom. The van der Waals surface area contributed by atoms with Gasteiger partial charge in [0, 0.05) is 0 Å². The first-order chi connectivity index (χ1) is 14.9. The number of fused-ring (bicyclic) bond motifs is 3. The Bertz CT molecular complexity index is 1040. The third-order valence-corrected chi connectivity index (χ3v) is 6.28. The van der Waals surface area contributed by atoms with E-state index >= 15 is 4.39 Å². The van der Waals surface area contributed by atoms with E-state index in [-0.39, 0.29) is 13.4 Å². The van der Waals surface area contributed by atoms with E-state index in [4.69, 9.17) is 28.4 Å². The SMILES string of the molecule is COc1cc(C2c3cc4c(cc3C(O)C3COC(=O)C23F)OCO4)cc(OC)c1OC. The average Bonchev–Trinajstić information content (AvgIpc) is 3.36. The number of rotatable bonds is 4. The lowest BCUT2D eigenvalue weighted by Gasteiger charge is -2.40. The number of carbonyl (C=O) groups excluding carboxylic acids is 1. The lowest BCUT2D eigenvalue weighted by Crippen LogP contribution is -2.48. The minimum atomic E-state index is -2.50. The van der Waals surface area contributed by atoms with Gasteiger partial charge in [0.2, 0.25) is 18.2 Å². The van der Waals surface area contributed by atoms with Gasteiger partial charge in [0.25, 0.3) is 0 Å². The summed E-state index contributed by atoms with van der Waals surface area (Å²) < 4.78 is 48.8. The number of ether oxygens (including phenoxy) is 6. The van der Waals surface area contributed by atoms with Gasteiger partial charge >= 0.3 is 5.97 Å². The molecule has 2 aliphatic heterocycles. The third kappa shape index (κ3) is 2.59. The maximum Gasteiger partial charge on any atom is 0.345 e. The van der Waals surface area contributed by atoms with Gasteiger partial charge in [-0.2, -0.15) is 0 Å². The molecule has 2 heterocycles. The quantitative estimate of drug-likeness (QED) is 0.737. The standard InChI is InChI=1S/C22H21FO8/c1-26-16-4-10(5-17(27-2)20(16)28-3)18-11-6-14-15(31-9-30-14)7-12(11)19(24)13-8-29-21(25)22(13,18)23/h4-7,13,18-19,24H,8-9H2,1-3H3. The van der Waals surface area contributed by atoms with Gasteiger partial charge in [-0.1, -0.05) is 0 Å². The molecule has 1 aliphatic carbocycles. The average molecular weight is 432 g/mol. The molecule has 0 bridgehead atoms. The van der Waals surface area contributed by atoms with Crippen LogP contribution in [0.25, 0.3) is 0 Å². The largest absolute Gasteiger partial charge is 0.493 e. The first-order valence-corrected chi connectivity index (χ1v) is 9.71. The van der Waals surface area contributed by atoms with Crippen LogP contribution in [0.1, 0.15) is 28.7 Å². The van der Waals surface area contributed by atoms with Crippen LogP contribution < -0.4 is 23.7 Å². The smallest absolute Gasteiger partial charge is 0.345 e. The summed E-state index contributed by atoms with van der Waals surface area (Å²) in [5.41, 5.74) is -1.22. The molecule has 164 valence electrons. The zero-order chi connectivity index (χ0) is 21.9. The van der Waals surface area contributed by atoms with Gasteiger partial charge in [-0.25, -0.2) is 9.18 Å². The van der Waals surface area contributed by atoms with Crippen molar-refractivity contribution in [1.29, 1.82) is 0 Å². The number of esters is 1. The highest BCUT2D eigenvalue weighted by Crippen LogP contribution is 2.58. The molecule has 5 rings (SSSR count). The summed E-state index contributed by atoms with van der Waals surface area (Å²) in [5.74, 6) is -1.36. The fourth-order valence-electron chi connectivity index (χ4n) is 4.81. The van der Waals surface area contributed by atoms with Crippen molar-refractivity contribution in [3.05, 3.63) is 41.0 Å². The first-order valence-electron chi connectivity index (χ1n) is 9.71. The van der Waals surface area contributed by atoms with Crippen molar-refractivity contribution in [3.8, 4) is 28.7 Å². The number of methoxy groups -OCH3 is 3. The van der Waals surface area contributed by atoms with Crippen molar-refractivity contribution in [3.63, 3.8) is 0 Å². The second-order valence-corrected chi connectivity index (χ2v) is 7.64. The Labute approximate surface area is 177 Å². The minimum absolute atomic E-state index is 0.0232. The summed E-state index contributed by atoms with van der Waals surface area (Å²) in [6.45, 7) is -0.208. The van der Waals surface area contributed by atoms with Crippen LogP contribution in [0.3, 0.4) is 0 Å².